The number of hydrogen-bond acceptors (Lipinski definition) is 4. The van der Waals surface area contributed by atoms with Crippen molar-refractivity contribution in [3.8, 4) is 0 Å². The van der Waals surface area contributed by atoms with Gasteiger partial charge in [-0.2, -0.15) is 13.2 Å². The number of halogens is 3. The average molecular weight is 328 g/mol. The van der Waals surface area contributed by atoms with E-state index in [0.717, 1.165) is 11.0 Å². The summed E-state index contributed by atoms with van der Waals surface area (Å²) >= 11 is 0. The van der Waals surface area contributed by atoms with Gasteiger partial charge in [0.15, 0.2) is 0 Å². The third-order valence-electron chi connectivity index (χ3n) is 3.02. The van der Waals surface area contributed by atoms with Crippen LogP contribution in [0.5, 0.6) is 0 Å². The molecule has 6 nitrogen and oxygen atoms in total. The van der Waals surface area contributed by atoms with Gasteiger partial charge >= 0.3 is 6.18 Å². The molecule has 1 aromatic heterocycles. The number of benzene rings is 1. The normalized spacial score (nSPS) is 11.3. The summed E-state index contributed by atoms with van der Waals surface area (Å²) in [6.45, 7) is 0.0237. The summed E-state index contributed by atoms with van der Waals surface area (Å²) in [4.78, 5) is 23.1. The predicted molar refractivity (Wildman–Crippen MR) is 72.6 cm³/mol. The molecule has 0 spiro atoms. The second-order valence-electron chi connectivity index (χ2n) is 4.76. The maximum atomic E-state index is 12.8. The van der Waals surface area contributed by atoms with Crippen molar-refractivity contribution >= 4 is 11.6 Å². The largest absolute Gasteiger partial charge is 0.467 e. The van der Waals surface area contributed by atoms with Crippen LogP contribution in [0.15, 0.2) is 41.0 Å². The zero-order chi connectivity index (χ0) is 17.2. The smallest absolute Gasteiger partial charge is 0.416 e. The minimum absolute atomic E-state index is 0.0237. The van der Waals surface area contributed by atoms with Gasteiger partial charge in [0, 0.05) is 24.7 Å². The standard InChI is InChI=1S/C14H11F3N2O4/c1-18(8-12-3-2-4-23-12)13(20)9-5-10(14(15,16)17)7-11(6-9)19(21)22/h2-7H,8H2,1H3. The van der Waals surface area contributed by atoms with Gasteiger partial charge in [-0.25, -0.2) is 0 Å². The van der Waals surface area contributed by atoms with E-state index in [9.17, 15) is 28.1 Å². The minimum Gasteiger partial charge on any atom is -0.467 e. The molecule has 122 valence electrons. The van der Waals surface area contributed by atoms with E-state index in [1.807, 2.05) is 0 Å². The van der Waals surface area contributed by atoms with Crippen LogP contribution in [0.2, 0.25) is 0 Å². The quantitative estimate of drug-likeness (QED) is 0.636. The lowest BCUT2D eigenvalue weighted by Crippen LogP contribution is -2.26. The lowest BCUT2D eigenvalue weighted by Gasteiger charge is -2.16. The van der Waals surface area contributed by atoms with Crippen LogP contribution in [-0.4, -0.2) is 22.8 Å². The lowest BCUT2D eigenvalue weighted by molar-refractivity contribution is -0.385. The third kappa shape index (κ3) is 3.87. The Kier molecular flexibility index (Phi) is 4.39. The molecule has 0 unspecified atom stereocenters. The first-order chi connectivity index (χ1) is 10.7. The zero-order valence-corrected chi connectivity index (χ0v) is 11.8. The van der Waals surface area contributed by atoms with E-state index in [4.69, 9.17) is 4.42 Å². The summed E-state index contributed by atoms with van der Waals surface area (Å²) in [5.74, 6) is -0.349. The second-order valence-corrected chi connectivity index (χ2v) is 4.76. The van der Waals surface area contributed by atoms with Crippen molar-refractivity contribution in [3.63, 3.8) is 0 Å². The van der Waals surface area contributed by atoms with Crippen LogP contribution in [-0.2, 0) is 12.7 Å². The molecular formula is C14H11F3N2O4. The van der Waals surface area contributed by atoms with Gasteiger partial charge in [-0.3, -0.25) is 14.9 Å². The predicted octanol–water partition coefficient (Wildman–Crippen LogP) is 3.48. The molecule has 0 fully saturated rings. The van der Waals surface area contributed by atoms with Crippen LogP contribution in [0.3, 0.4) is 0 Å². The summed E-state index contributed by atoms with van der Waals surface area (Å²) in [5, 5.41) is 10.8. The lowest BCUT2D eigenvalue weighted by atomic mass is 10.1. The number of alkyl halides is 3. The van der Waals surface area contributed by atoms with Gasteiger partial charge in [0.05, 0.1) is 23.3 Å². The van der Waals surface area contributed by atoms with E-state index >= 15 is 0 Å². The first kappa shape index (κ1) is 16.5. The number of rotatable bonds is 4. The fourth-order valence-electron chi connectivity index (χ4n) is 1.93. The molecule has 1 aromatic carbocycles. The molecule has 0 radical (unpaired) electrons. The molecule has 1 amide bonds. The molecule has 0 saturated carbocycles. The average Bonchev–Trinajstić information content (AvgIpc) is 2.97. The Morgan fingerprint density at radius 1 is 1.35 bits per heavy atom. The van der Waals surface area contributed by atoms with E-state index in [1.54, 1.807) is 12.1 Å². The molecule has 0 bridgehead atoms. The molecule has 23 heavy (non-hydrogen) atoms. The van der Waals surface area contributed by atoms with Gasteiger partial charge in [0.2, 0.25) is 0 Å². The highest BCUT2D eigenvalue weighted by atomic mass is 19.4. The fraction of sp³-hybridized carbons (Fsp3) is 0.214. The molecule has 1 heterocycles. The van der Waals surface area contributed by atoms with Crippen molar-refractivity contribution in [2.24, 2.45) is 0 Å². The molecule has 2 rings (SSSR count). The van der Waals surface area contributed by atoms with E-state index in [-0.39, 0.29) is 6.54 Å². The highest BCUT2D eigenvalue weighted by Crippen LogP contribution is 2.32. The van der Waals surface area contributed by atoms with Gasteiger partial charge < -0.3 is 9.32 Å². The Morgan fingerprint density at radius 2 is 2.04 bits per heavy atom. The number of nitrogens with zero attached hydrogens (tertiary/aromatic N) is 2. The van der Waals surface area contributed by atoms with Crippen LogP contribution < -0.4 is 0 Å². The molecule has 0 saturated heterocycles. The topological polar surface area (TPSA) is 76.6 Å². The number of nitro groups is 1. The first-order valence-corrected chi connectivity index (χ1v) is 6.33. The second kappa shape index (κ2) is 6.11. The van der Waals surface area contributed by atoms with E-state index < -0.39 is 33.8 Å². The first-order valence-electron chi connectivity index (χ1n) is 6.33. The summed E-state index contributed by atoms with van der Waals surface area (Å²) in [7, 11) is 1.36. The van der Waals surface area contributed by atoms with Crippen molar-refractivity contribution in [3.05, 3.63) is 63.6 Å². The number of amides is 1. The van der Waals surface area contributed by atoms with Crippen LogP contribution in [0.1, 0.15) is 21.7 Å². The van der Waals surface area contributed by atoms with Gasteiger partial charge in [-0.05, 0) is 18.2 Å². The molecule has 9 heteroatoms. The number of hydrogen-bond donors (Lipinski definition) is 0. The Balaban J connectivity index is 2.35. The van der Waals surface area contributed by atoms with Gasteiger partial charge in [0.1, 0.15) is 5.76 Å². The maximum absolute atomic E-state index is 12.8. The van der Waals surface area contributed by atoms with Gasteiger partial charge in [-0.15, -0.1) is 0 Å². The molecular weight excluding hydrogens is 317 g/mol. The Labute approximate surface area is 128 Å². The number of nitro benzene ring substituents is 1. The number of carbonyl (C=O) groups is 1. The van der Waals surface area contributed by atoms with Crippen LogP contribution in [0.4, 0.5) is 18.9 Å². The Bertz CT molecular complexity index is 726. The molecule has 0 aliphatic heterocycles. The Morgan fingerprint density at radius 3 is 2.57 bits per heavy atom. The summed E-state index contributed by atoms with van der Waals surface area (Å²) in [5.41, 5.74) is -2.46. The summed E-state index contributed by atoms with van der Waals surface area (Å²) < 4.78 is 43.5. The van der Waals surface area contributed by atoms with Crippen molar-refractivity contribution in [1.29, 1.82) is 0 Å². The highest BCUT2D eigenvalue weighted by molar-refractivity contribution is 5.95. The molecule has 0 N–H and O–H groups in total. The zero-order valence-electron chi connectivity index (χ0n) is 11.8. The number of carbonyl (C=O) groups excluding carboxylic acids is 1. The monoisotopic (exact) mass is 328 g/mol. The van der Waals surface area contributed by atoms with Gasteiger partial charge in [0.25, 0.3) is 11.6 Å². The highest BCUT2D eigenvalue weighted by Gasteiger charge is 2.33. The van der Waals surface area contributed by atoms with Crippen LogP contribution in [0.25, 0.3) is 0 Å². The molecule has 0 atom stereocenters. The Hall–Kier alpha value is -2.84. The van der Waals surface area contributed by atoms with Crippen molar-refractivity contribution < 1.29 is 27.3 Å². The SMILES string of the molecule is CN(Cc1ccco1)C(=O)c1cc([N+](=O)[O-])cc(C(F)(F)F)c1. The third-order valence-corrected chi connectivity index (χ3v) is 3.02. The van der Waals surface area contributed by atoms with E-state index in [0.29, 0.717) is 17.9 Å². The molecule has 0 aliphatic carbocycles. The van der Waals surface area contributed by atoms with Gasteiger partial charge in [-0.1, -0.05) is 0 Å². The number of furan rings is 1. The van der Waals surface area contributed by atoms with Crippen molar-refractivity contribution in [2.45, 2.75) is 12.7 Å². The van der Waals surface area contributed by atoms with Crippen LogP contribution >= 0.6 is 0 Å². The van der Waals surface area contributed by atoms with Crippen LogP contribution in [0, 0.1) is 10.1 Å². The van der Waals surface area contributed by atoms with Crippen molar-refractivity contribution in [1.82, 2.24) is 4.90 Å². The summed E-state index contributed by atoms with van der Waals surface area (Å²) in [6, 6.07) is 4.99. The maximum Gasteiger partial charge on any atom is 0.416 e. The summed E-state index contributed by atoms with van der Waals surface area (Å²) in [6.07, 6.45) is -3.40. The number of non-ortho nitro benzene ring substituents is 1. The minimum atomic E-state index is -4.79. The molecule has 0 aliphatic rings. The molecule has 2 aromatic rings. The van der Waals surface area contributed by atoms with E-state index in [1.165, 1.54) is 13.3 Å². The van der Waals surface area contributed by atoms with Crippen molar-refractivity contribution in [2.75, 3.05) is 7.05 Å². The van der Waals surface area contributed by atoms with E-state index in [2.05, 4.69) is 0 Å². The fourth-order valence-corrected chi connectivity index (χ4v) is 1.93.